The number of rotatable bonds is 5. The molecule has 0 atom stereocenters. The summed E-state index contributed by atoms with van der Waals surface area (Å²) in [6, 6.07) is 7.32. The lowest BCUT2D eigenvalue weighted by atomic mass is 10.1. The third kappa shape index (κ3) is 3.11. The maximum atomic E-state index is 12.1. The molecule has 0 bridgehead atoms. The molecule has 1 aromatic heterocycles. The Labute approximate surface area is 122 Å². The van der Waals surface area contributed by atoms with E-state index in [2.05, 4.69) is 5.10 Å². The maximum absolute atomic E-state index is 12.1. The van der Waals surface area contributed by atoms with Crippen LogP contribution >= 0.6 is 11.8 Å². The molecule has 0 aliphatic rings. The van der Waals surface area contributed by atoms with Crippen LogP contribution in [0.1, 0.15) is 16.1 Å². The minimum Gasteiger partial charge on any atom is -0.496 e. The van der Waals surface area contributed by atoms with Gasteiger partial charge < -0.3 is 4.74 Å². The van der Waals surface area contributed by atoms with Gasteiger partial charge in [-0.1, -0.05) is 0 Å². The number of nitrogens with zero attached hydrogens (tertiary/aromatic N) is 2. The molecule has 0 saturated heterocycles. The van der Waals surface area contributed by atoms with E-state index in [0.29, 0.717) is 5.56 Å². The molecule has 0 aliphatic carbocycles. The highest BCUT2D eigenvalue weighted by molar-refractivity contribution is 7.98. The Bertz CT molecular complexity index is 647. The normalized spacial score (nSPS) is 10.9. The Morgan fingerprint density at radius 3 is 2.80 bits per heavy atom. The molecule has 0 fully saturated rings. The molecule has 0 N–H and O–H groups in total. The van der Waals surface area contributed by atoms with Crippen LogP contribution in [0.15, 0.2) is 41.4 Å². The molecule has 1 aromatic carbocycles. The Balaban J connectivity index is 2.21. The number of thioether (sulfide) groups is 1. The summed E-state index contributed by atoms with van der Waals surface area (Å²) < 4.78 is 6.99. The third-order valence-electron chi connectivity index (χ3n) is 2.93. The van der Waals surface area contributed by atoms with E-state index in [9.17, 15) is 4.79 Å². The van der Waals surface area contributed by atoms with E-state index in [4.69, 9.17) is 4.74 Å². The van der Waals surface area contributed by atoms with E-state index in [0.717, 1.165) is 16.3 Å². The topological polar surface area (TPSA) is 44.1 Å². The van der Waals surface area contributed by atoms with Crippen LogP contribution in [0, 0.1) is 0 Å². The number of aryl methyl sites for hydroxylation is 1. The molecule has 0 amide bonds. The number of aromatic nitrogens is 2. The van der Waals surface area contributed by atoms with Crippen molar-refractivity contribution in [2.24, 2.45) is 7.05 Å². The summed E-state index contributed by atoms with van der Waals surface area (Å²) in [7, 11) is 3.44. The smallest absolute Gasteiger partial charge is 0.186 e. The van der Waals surface area contributed by atoms with E-state index < -0.39 is 0 Å². The average molecular weight is 288 g/mol. The standard InChI is InChI=1S/C15H16N2O2S/c1-17-12(8-9-16-17)5-6-13(18)11-4-7-15(20-3)14(10-11)19-2/h4-10H,1-3H3/b6-5-. The van der Waals surface area contributed by atoms with Crippen molar-refractivity contribution in [1.82, 2.24) is 9.78 Å². The second-order valence-electron chi connectivity index (χ2n) is 4.15. The first kappa shape index (κ1) is 14.4. The fraction of sp³-hybridized carbons (Fsp3) is 0.200. The molecule has 104 valence electrons. The van der Waals surface area contributed by atoms with Gasteiger partial charge in [-0.05, 0) is 42.7 Å². The molecular formula is C15H16N2O2S. The van der Waals surface area contributed by atoms with E-state index in [1.54, 1.807) is 48.0 Å². The summed E-state index contributed by atoms with van der Waals surface area (Å²) >= 11 is 1.59. The minimum absolute atomic E-state index is 0.0582. The van der Waals surface area contributed by atoms with Crippen molar-refractivity contribution >= 4 is 23.6 Å². The molecule has 0 aliphatic heterocycles. The fourth-order valence-electron chi connectivity index (χ4n) is 1.79. The summed E-state index contributed by atoms with van der Waals surface area (Å²) in [4.78, 5) is 13.2. The van der Waals surface area contributed by atoms with Gasteiger partial charge in [0.1, 0.15) is 5.75 Å². The van der Waals surface area contributed by atoms with Crippen LogP contribution in [0.4, 0.5) is 0 Å². The molecule has 5 heteroatoms. The van der Waals surface area contributed by atoms with Crippen molar-refractivity contribution in [2.75, 3.05) is 13.4 Å². The number of hydrogen-bond acceptors (Lipinski definition) is 4. The number of ketones is 1. The van der Waals surface area contributed by atoms with Gasteiger partial charge in [0.25, 0.3) is 0 Å². The SMILES string of the molecule is COc1cc(C(=O)/C=C\c2ccnn2C)ccc1SC. The molecule has 0 saturated carbocycles. The van der Waals surface area contributed by atoms with Crippen LogP contribution in [0.2, 0.25) is 0 Å². The monoisotopic (exact) mass is 288 g/mol. The molecule has 1 heterocycles. The summed E-state index contributed by atoms with van der Waals surface area (Å²) in [5.41, 5.74) is 1.49. The van der Waals surface area contributed by atoms with Crippen LogP contribution in [-0.2, 0) is 7.05 Å². The number of hydrogen-bond donors (Lipinski definition) is 0. The van der Waals surface area contributed by atoms with Crippen molar-refractivity contribution in [3.05, 3.63) is 47.8 Å². The van der Waals surface area contributed by atoms with E-state index in [1.807, 2.05) is 31.5 Å². The van der Waals surface area contributed by atoms with Crippen molar-refractivity contribution in [3.63, 3.8) is 0 Å². The van der Waals surface area contributed by atoms with Gasteiger partial charge in [0.2, 0.25) is 0 Å². The van der Waals surface area contributed by atoms with E-state index >= 15 is 0 Å². The van der Waals surface area contributed by atoms with Gasteiger partial charge >= 0.3 is 0 Å². The zero-order valence-electron chi connectivity index (χ0n) is 11.7. The third-order valence-corrected chi connectivity index (χ3v) is 3.71. The zero-order valence-corrected chi connectivity index (χ0v) is 12.5. The molecular weight excluding hydrogens is 272 g/mol. The summed E-state index contributed by atoms with van der Waals surface area (Å²) in [5, 5.41) is 4.05. The number of ether oxygens (including phenoxy) is 1. The van der Waals surface area contributed by atoms with Gasteiger partial charge in [-0.2, -0.15) is 5.10 Å². The summed E-state index contributed by atoms with van der Waals surface area (Å²) in [6.45, 7) is 0. The van der Waals surface area contributed by atoms with Gasteiger partial charge in [0.15, 0.2) is 5.78 Å². The second kappa shape index (κ2) is 6.43. The summed E-state index contributed by atoms with van der Waals surface area (Å²) in [6.07, 6.45) is 6.97. The lowest BCUT2D eigenvalue weighted by Crippen LogP contribution is -1.97. The van der Waals surface area contributed by atoms with E-state index in [1.165, 1.54) is 0 Å². The molecule has 20 heavy (non-hydrogen) atoms. The molecule has 0 spiro atoms. The Kier molecular flexibility index (Phi) is 4.63. The van der Waals surface area contributed by atoms with Gasteiger partial charge in [-0.25, -0.2) is 0 Å². The number of carbonyl (C=O) groups excluding carboxylic acids is 1. The second-order valence-corrected chi connectivity index (χ2v) is 5.00. The Morgan fingerprint density at radius 2 is 2.20 bits per heavy atom. The molecule has 2 aromatic rings. The van der Waals surface area contributed by atoms with Crippen LogP contribution < -0.4 is 4.74 Å². The lowest BCUT2D eigenvalue weighted by molar-refractivity contribution is 0.104. The number of methoxy groups -OCH3 is 1. The highest BCUT2D eigenvalue weighted by Gasteiger charge is 2.07. The van der Waals surface area contributed by atoms with Gasteiger partial charge in [-0.15, -0.1) is 11.8 Å². The predicted molar refractivity (Wildman–Crippen MR) is 81.3 cm³/mol. The minimum atomic E-state index is -0.0582. The van der Waals surface area contributed by atoms with Crippen LogP contribution in [0.5, 0.6) is 5.75 Å². The van der Waals surface area contributed by atoms with E-state index in [-0.39, 0.29) is 5.78 Å². The number of benzene rings is 1. The first-order valence-electron chi connectivity index (χ1n) is 6.08. The molecule has 0 unspecified atom stereocenters. The van der Waals surface area contributed by atoms with Crippen LogP contribution in [0.3, 0.4) is 0 Å². The molecule has 4 nitrogen and oxygen atoms in total. The van der Waals surface area contributed by atoms with Gasteiger partial charge in [0, 0.05) is 23.7 Å². The first-order chi connectivity index (χ1) is 9.65. The highest BCUT2D eigenvalue weighted by Crippen LogP contribution is 2.28. The van der Waals surface area contributed by atoms with Gasteiger partial charge in [-0.3, -0.25) is 9.48 Å². The van der Waals surface area contributed by atoms with Crippen LogP contribution in [-0.4, -0.2) is 28.9 Å². The Hall–Kier alpha value is -2.01. The number of allylic oxidation sites excluding steroid dienone is 1. The maximum Gasteiger partial charge on any atom is 0.186 e. The largest absolute Gasteiger partial charge is 0.496 e. The number of carbonyl (C=O) groups is 1. The lowest BCUT2D eigenvalue weighted by Gasteiger charge is -2.07. The van der Waals surface area contributed by atoms with Crippen molar-refractivity contribution in [1.29, 1.82) is 0 Å². The van der Waals surface area contributed by atoms with Crippen molar-refractivity contribution < 1.29 is 9.53 Å². The molecule has 2 rings (SSSR count). The average Bonchev–Trinajstić information content (AvgIpc) is 2.89. The van der Waals surface area contributed by atoms with Crippen molar-refractivity contribution in [3.8, 4) is 5.75 Å². The first-order valence-corrected chi connectivity index (χ1v) is 7.30. The van der Waals surface area contributed by atoms with Crippen LogP contribution in [0.25, 0.3) is 6.08 Å². The fourth-order valence-corrected chi connectivity index (χ4v) is 2.34. The van der Waals surface area contributed by atoms with Crippen molar-refractivity contribution in [2.45, 2.75) is 4.90 Å². The quantitative estimate of drug-likeness (QED) is 0.482. The zero-order chi connectivity index (χ0) is 14.5. The molecule has 0 radical (unpaired) electrons. The van der Waals surface area contributed by atoms with Gasteiger partial charge in [0.05, 0.1) is 12.8 Å². The predicted octanol–water partition coefficient (Wildman–Crippen LogP) is 3.05. The summed E-state index contributed by atoms with van der Waals surface area (Å²) in [5.74, 6) is 0.662. The highest BCUT2D eigenvalue weighted by atomic mass is 32.2. The Morgan fingerprint density at radius 1 is 1.40 bits per heavy atom.